The molecule has 20 heavy (non-hydrogen) atoms. The second-order valence-corrected chi connectivity index (χ2v) is 3.94. The molecule has 0 aromatic heterocycles. The molecule has 0 aliphatic heterocycles. The highest BCUT2D eigenvalue weighted by atomic mass is 19.4. The second-order valence-electron chi connectivity index (χ2n) is 3.94. The van der Waals surface area contributed by atoms with Crippen molar-refractivity contribution in [1.82, 2.24) is 0 Å². The quantitative estimate of drug-likeness (QED) is 0.843. The lowest BCUT2D eigenvalue weighted by molar-refractivity contribution is -0.347. The summed E-state index contributed by atoms with van der Waals surface area (Å²) >= 11 is 0. The Hall–Kier alpha value is -1.48. The molecule has 9 heteroatoms. The van der Waals surface area contributed by atoms with Gasteiger partial charge in [0.25, 0.3) is 0 Å². The molecule has 0 fully saturated rings. The summed E-state index contributed by atoms with van der Waals surface area (Å²) in [5, 5.41) is 18.3. The van der Waals surface area contributed by atoms with Gasteiger partial charge in [0, 0.05) is 0 Å². The van der Waals surface area contributed by atoms with Crippen LogP contribution in [-0.4, -0.2) is 35.8 Å². The summed E-state index contributed by atoms with van der Waals surface area (Å²) in [6.45, 7) is 0. The van der Waals surface area contributed by atoms with Crippen molar-refractivity contribution < 1.29 is 41.3 Å². The molecule has 0 radical (unpaired) electrons. The first-order chi connectivity index (χ1) is 8.94. The fraction of sp³-hybridized carbons (Fsp3) is 0.455. The highest BCUT2D eigenvalue weighted by Crippen LogP contribution is 2.46. The number of ether oxygens (including phenoxy) is 1. The Kier molecular flexibility index (Phi) is 4.25. The van der Waals surface area contributed by atoms with Crippen molar-refractivity contribution >= 4 is 0 Å². The third-order valence-electron chi connectivity index (χ3n) is 2.67. The van der Waals surface area contributed by atoms with Crippen molar-refractivity contribution in [3.63, 3.8) is 0 Å². The Morgan fingerprint density at radius 3 is 1.75 bits per heavy atom. The van der Waals surface area contributed by atoms with Crippen molar-refractivity contribution in [1.29, 1.82) is 0 Å². The van der Waals surface area contributed by atoms with Gasteiger partial charge in [0.2, 0.25) is 5.60 Å². The molecule has 0 aliphatic carbocycles. The van der Waals surface area contributed by atoms with Crippen molar-refractivity contribution in [3.8, 4) is 5.75 Å². The van der Waals surface area contributed by atoms with E-state index in [9.17, 15) is 31.4 Å². The van der Waals surface area contributed by atoms with Gasteiger partial charge in [-0.15, -0.1) is 0 Å². The van der Waals surface area contributed by atoms with Crippen LogP contribution in [0.15, 0.2) is 24.3 Å². The zero-order valence-corrected chi connectivity index (χ0v) is 9.96. The summed E-state index contributed by atoms with van der Waals surface area (Å²) in [5.74, 6) is 0.0831. The predicted molar refractivity (Wildman–Crippen MR) is 55.0 cm³/mol. The van der Waals surface area contributed by atoms with Crippen LogP contribution in [0.2, 0.25) is 0 Å². The van der Waals surface area contributed by atoms with Crippen LogP contribution in [-0.2, 0) is 5.60 Å². The largest absolute Gasteiger partial charge is 0.497 e. The number of halogens is 6. The lowest BCUT2D eigenvalue weighted by Gasteiger charge is -2.35. The standard InChI is InChI=1S/C11H10F6O3/c1-20-7-4-2-6(3-5-7)9(19,11(15,16)17)8(18)10(12,13)14/h2-5,8,18-19H,1H3. The molecule has 1 aromatic rings. The number of alkyl halides is 6. The summed E-state index contributed by atoms with van der Waals surface area (Å²) in [5.41, 5.74) is -5.60. The first-order valence-corrected chi connectivity index (χ1v) is 5.13. The van der Waals surface area contributed by atoms with Crippen LogP contribution in [0.5, 0.6) is 5.75 Å². The molecule has 3 nitrogen and oxygen atoms in total. The average Bonchev–Trinajstić information content (AvgIpc) is 2.34. The van der Waals surface area contributed by atoms with E-state index >= 15 is 0 Å². The van der Waals surface area contributed by atoms with Crippen LogP contribution in [0.25, 0.3) is 0 Å². The normalized spacial score (nSPS) is 17.4. The summed E-state index contributed by atoms with van der Waals surface area (Å²) in [6, 6.07) is 3.08. The van der Waals surface area contributed by atoms with Gasteiger partial charge in [-0.25, -0.2) is 0 Å². The number of hydrogen-bond acceptors (Lipinski definition) is 3. The minimum Gasteiger partial charge on any atom is -0.497 e. The average molecular weight is 304 g/mol. The summed E-state index contributed by atoms with van der Waals surface area (Å²) in [4.78, 5) is 0. The molecule has 0 heterocycles. The lowest BCUT2D eigenvalue weighted by atomic mass is 9.87. The molecule has 0 saturated heterocycles. The Morgan fingerprint density at radius 1 is 1.00 bits per heavy atom. The van der Waals surface area contributed by atoms with E-state index in [0.29, 0.717) is 12.1 Å². The van der Waals surface area contributed by atoms with E-state index in [4.69, 9.17) is 5.11 Å². The van der Waals surface area contributed by atoms with Crippen LogP contribution in [0.3, 0.4) is 0 Å². The van der Waals surface area contributed by atoms with Gasteiger partial charge in [0.15, 0.2) is 6.10 Å². The van der Waals surface area contributed by atoms with Crippen LogP contribution in [0.4, 0.5) is 26.3 Å². The van der Waals surface area contributed by atoms with E-state index in [2.05, 4.69) is 4.74 Å². The molecular weight excluding hydrogens is 294 g/mol. The molecule has 2 atom stereocenters. The Labute approximate surface area is 109 Å². The van der Waals surface area contributed by atoms with Gasteiger partial charge in [0.1, 0.15) is 5.75 Å². The predicted octanol–water partition coefficient (Wildman–Crippen LogP) is 2.37. The number of methoxy groups -OCH3 is 1. The van der Waals surface area contributed by atoms with E-state index in [1.165, 1.54) is 7.11 Å². The zero-order valence-electron chi connectivity index (χ0n) is 9.96. The van der Waals surface area contributed by atoms with Gasteiger partial charge in [-0.2, -0.15) is 26.3 Å². The number of hydrogen-bond donors (Lipinski definition) is 2. The minimum atomic E-state index is -5.73. The minimum absolute atomic E-state index is 0.0831. The summed E-state index contributed by atoms with van der Waals surface area (Å²) < 4.78 is 80.2. The molecule has 114 valence electrons. The fourth-order valence-corrected chi connectivity index (χ4v) is 1.56. The van der Waals surface area contributed by atoms with Crippen LogP contribution in [0, 0.1) is 0 Å². The highest BCUT2D eigenvalue weighted by Gasteiger charge is 2.67. The van der Waals surface area contributed by atoms with Crippen molar-refractivity contribution in [2.45, 2.75) is 24.1 Å². The number of aliphatic hydroxyl groups excluding tert-OH is 1. The molecule has 0 bridgehead atoms. The van der Waals surface area contributed by atoms with Crippen molar-refractivity contribution in [2.75, 3.05) is 7.11 Å². The van der Waals surface area contributed by atoms with E-state index in [1.54, 1.807) is 0 Å². The van der Waals surface area contributed by atoms with Gasteiger partial charge in [-0.1, -0.05) is 12.1 Å². The molecule has 0 saturated carbocycles. The summed E-state index contributed by atoms with van der Waals surface area (Å²) in [6.07, 6.45) is -15.4. The third-order valence-corrected chi connectivity index (χ3v) is 2.67. The molecule has 1 rings (SSSR count). The van der Waals surface area contributed by atoms with Gasteiger partial charge in [-0.3, -0.25) is 0 Å². The number of rotatable bonds is 3. The molecular formula is C11H10F6O3. The van der Waals surface area contributed by atoms with E-state index in [1.807, 2.05) is 0 Å². The van der Waals surface area contributed by atoms with E-state index < -0.39 is 29.6 Å². The van der Waals surface area contributed by atoms with Gasteiger partial charge in [-0.05, 0) is 17.7 Å². The number of aliphatic hydroxyl groups is 2. The first-order valence-electron chi connectivity index (χ1n) is 5.13. The fourth-order valence-electron chi connectivity index (χ4n) is 1.56. The maximum Gasteiger partial charge on any atom is 0.424 e. The van der Waals surface area contributed by atoms with Gasteiger partial charge in [0.05, 0.1) is 7.11 Å². The van der Waals surface area contributed by atoms with Gasteiger partial charge >= 0.3 is 12.4 Å². The Balaban J connectivity index is 3.38. The molecule has 2 unspecified atom stereocenters. The van der Waals surface area contributed by atoms with Gasteiger partial charge < -0.3 is 14.9 Å². The Bertz CT molecular complexity index is 453. The van der Waals surface area contributed by atoms with E-state index in [-0.39, 0.29) is 5.75 Å². The molecule has 1 aromatic carbocycles. The van der Waals surface area contributed by atoms with Crippen molar-refractivity contribution in [3.05, 3.63) is 29.8 Å². The van der Waals surface area contributed by atoms with Crippen LogP contribution >= 0.6 is 0 Å². The van der Waals surface area contributed by atoms with Crippen molar-refractivity contribution in [2.24, 2.45) is 0 Å². The van der Waals surface area contributed by atoms with E-state index in [0.717, 1.165) is 12.1 Å². The topological polar surface area (TPSA) is 49.7 Å². The molecule has 2 N–H and O–H groups in total. The maximum atomic E-state index is 12.8. The first kappa shape index (κ1) is 16.6. The monoisotopic (exact) mass is 304 g/mol. The van der Waals surface area contributed by atoms with Crippen LogP contribution in [0.1, 0.15) is 5.56 Å². The molecule has 0 spiro atoms. The third kappa shape index (κ3) is 2.83. The SMILES string of the molecule is COc1ccc(C(O)(C(O)C(F)(F)F)C(F)(F)F)cc1. The lowest BCUT2D eigenvalue weighted by Crippen LogP contribution is -2.57. The molecule has 0 aliphatic rings. The smallest absolute Gasteiger partial charge is 0.424 e. The number of benzene rings is 1. The second kappa shape index (κ2) is 5.13. The Morgan fingerprint density at radius 2 is 1.45 bits per heavy atom. The zero-order chi connectivity index (χ0) is 15.8. The summed E-state index contributed by atoms with van der Waals surface area (Å²) in [7, 11) is 1.20. The molecule has 0 amide bonds. The maximum absolute atomic E-state index is 12.8. The van der Waals surface area contributed by atoms with Crippen LogP contribution < -0.4 is 4.74 Å². The highest BCUT2D eigenvalue weighted by molar-refractivity contribution is 5.33.